The van der Waals surface area contributed by atoms with Crippen LogP contribution in [0.25, 0.3) is 0 Å². The summed E-state index contributed by atoms with van der Waals surface area (Å²) in [5.41, 5.74) is 4.33. The van der Waals surface area contributed by atoms with Crippen molar-refractivity contribution >= 4 is 57.2 Å². The van der Waals surface area contributed by atoms with Gasteiger partial charge in [0.1, 0.15) is 5.75 Å². The molecule has 2 N–H and O–H groups in total. The molecule has 0 spiro atoms. The number of ether oxygens (including phenoxy) is 3. The van der Waals surface area contributed by atoms with Gasteiger partial charge in [0.25, 0.3) is 11.8 Å². The molecule has 9 nitrogen and oxygen atoms in total. The molecule has 41 heavy (non-hydrogen) atoms. The van der Waals surface area contributed by atoms with Gasteiger partial charge in [-0.2, -0.15) is 5.10 Å². The van der Waals surface area contributed by atoms with Crippen LogP contribution in [0.2, 0.25) is 5.02 Å². The first-order valence-electron chi connectivity index (χ1n) is 12.0. The average Bonchev–Trinajstić information content (AvgIpc) is 2.98. The smallest absolute Gasteiger partial charge is 0.343 e. The first-order valence-corrected chi connectivity index (χ1v) is 13.2. The molecular weight excluding hydrogens is 614 g/mol. The molecule has 208 valence electrons. The highest BCUT2D eigenvalue weighted by atomic mass is 79.9. The van der Waals surface area contributed by atoms with Crippen molar-refractivity contribution in [2.45, 2.75) is 0 Å². The number of amides is 2. The number of nitrogens with zero attached hydrogens (tertiary/aromatic N) is 1. The summed E-state index contributed by atoms with van der Waals surface area (Å²) in [7, 11) is 2.90. The van der Waals surface area contributed by atoms with Crippen LogP contribution >= 0.6 is 27.5 Å². The third kappa shape index (κ3) is 7.71. The molecule has 0 fully saturated rings. The summed E-state index contributed by atoms with van der Waals surface area (Å²) in [5, 5.41) is 7.12. The van der Waals surface area contributed by atoms with Crippen molar-refractivity contribution in [3.05, 3.63) is 117 Å². The van der Waals surface area contributed by atoms with Gasteiger partial charge in [-0.15, -0.1) is 0 Å². The van der Waals surface area contributed by atoms with Gasteiger partial charge in [-0.25, -0.2) is 10.2 Å². The van der Waals surface area contributed by atoms with Gasteiger partial charge in [-0.3, -0.25) is 9.59 Å². The maximum atomic E-state index is 12.8. The summed E-state index contributed by atoms with van der Waals surface area (Å²) in [6, 6.07) is 22.7. The predicted molar refractivity (Wildman–Crippen MR) is 160 cm³/mol. The Bertz CT molecular complexity index is 1630. The lowest BCUT2D eigenvalue weighted by Gasteiger charge is -2.10. The lowest BCUT2D eigenvalue weighted by molar-refractivity contribution is 0.0729. The monoisotopic (exact) mass is 635 g/mol. The Morgan fingerprint density at radius 1 is 0.805 bits per heavy atom. The van der Waals surface area contributed by atoms with Crippen molar-refractivity contribution in [1.29, 1.82) is 0 Å². The van der Waals surface area contributed by atoms with Crippen molar-refractivity contribution < 1.29 is 28.6 Å². The standard InChI is InChI=1S/C30H23BrClN3O6/c1-39-25-13-11-22(32)16-24(25)29(37)34-23-5-3-4-20(15-23)28(36)35-33-17-18-6-12-26(27(14-18)40-2)41-30(38)19-7-9-21(31)10-8-19/h3-17H,1-2H3,(H,34,37)(H,35,36). The zero-order chi connectivity index (χ0) is 29.4. The van der Waals surface area contributed by atoms with Crippen LogP contribution in [0.1, 0.15) is 36.6 Å². The highest BCUT2D eigenvalue weighted by Gasteiger charge is 2.15. The highest BCUT2D eigenvalue weighted by Crippen LogP contribution is 2.29. The second-order valence-electron chi connectivity index (χ2n) is 8.39. The molecule has 11 heteroatoms. The van der Waals surface area contributed by atoms with E-state index in [1.54, 1.807) is 72.8 Å². The van der Waals surface area contributed by atoms with Crippen LogP contribution in [0.3, 0.4) is 0 Å². The number of anilines is 1. The largest absolute Gasteiger partial charge is 0.496 e. The van der Waals surface area contributed by atoms with Crippen LogP contribution in [0.4, 0.5) is 5.69 Å². The average molecular weight is 637 g/mol. The summed E-state index contributed by atoms with van der Waals surface area (Å²) in [6.07, 6.45) is 1.41. The molecular formula is C30H23BrClN3O6. The van der Waals surface area contributed by atoms with Crippen molar-refractivity contribution in [3.8, 4) is 17.2 Å². The molecule has 0 saturated carbocycles. The molecule has 0 unspecified atom stereocenters. The van der Waals surface area contributed by atoms with Gasteiger partial charge in [0.15, 0.2) is 11.5 Å². The molecule has 0 aliphatic heterocycles. The van der Waals surface area contributed by atoms with Gasteiger partial charge in [0.05, 0.1) is 31.6 Å². The topological polar surface area (TPSA) is 115 Å². The van der Waals surface area contributed by atoms with E-state index in [0.717, 1.165) is 4.47 Å². The van der Waals surface area contributed by atoms with Crippen LogP contribution in [-0.4, -0.2) is 38.2 Å². The van der Waals surface area contributed by atoms with E-state index in [0.29, 0.717) is 33.3 Å². The number of hydrazone groups is 1. The first-order chi connectivity index (χ1) is 19.8. The van der Waals surface area contributed by atoms with Crippen LogP contribution in [0.15, 0.2) is 94.5 Å². The van der Waals surface area contributed by atoms with Gasteiger partial charge in [0, 0.05) is 20.7 Å². The number of benzene rings is 4. The molecule has 0 aromatic heterocycles. The Labute approximate surface area is 249 Å². The number of esters is 1. The van der Waals surface area contributed by atoms with Crippen LogP contribution in [0, 0.1) is 0 Å². The number of hydrogen-bond acceptors (Lipinski definition) is 7. The predicted octanol–water partition coefficient (Wildman–Crippen LogP) is 6.36. The van der Waals surface area contributed by atoms with Crippen molar-refractivity contribution in [2.75, 3.05) is 19.5 Å². The molecule has 4 rings (SSSR count). The maximum absolute atomic E-state index is 12.8. The Kier molecular flexibility index (Phi) is 9.73. The van der Waals surface area contributed by atoms with Gasteiger partial charge in [-0.1, -0.05) is 33.6 Å². The summed E-state index contributed by atoms with van der Waals surface area (Å²) in [6.45, 7) is 0. The summed E-state index contributed by atoms with van der Waals surface area (Å²) < 4.78 is 16.9. The van der Waals surface area contributed by atoms with E-state index in [4.69, 9.17) is 25.8 Å². The van der Waals surface area contributed by atoms with Gasteiger partial charge in [0.2, 0.25) is 0 Å². The molecule has 2 amide bonds. The van der Waals surface area contributed by atoms with E-state index in [9.17, 15) is 14.4 Å². The lowest BCUT2D eigenvalue weighted by Crippen LogP contribution is -2.18. The van der Waals surface area contributed by atoms with E-state index in [2.05, 4.69) is 31.8 Å². The molecule has 0 atom stereocenters. The minimum atomic E-state index is -0.533. The van der Waals surface area contributed by atoms with E-state index in [1.807, 2.05) is 0 Å². The first kappa shape index (κ1) is 29.3. The van der Waals surface area contributed by atoms with Crippen molar-refractivity contribution in [2.24, 2.45) is 5.10 Å². The zero-order valence-electron chi connectivity index (χ0n) is 21.8. The molecule has 0 aliphatic rings. The Morgan fingerprint density at radius 3 is 2.27 bits per heavy atom. The van der Waals surface area contributed by atoms with E-state index in [1.165, 1.54) is 32.6 Å². The number of carbonyl (C=O) groups is 3. The normalized spacial score (nSPS) is 10.6. The number of rotatable bonds is 9. The van der Waals surface area contributed by atoms with Gasteiger partial charge in [-0.05, 0) is 84.4 Å². The van der Waals surface area contributed by atoms with E-state index in [-0.39, 0.29) is 16.9 Å². The molecule has 4 aromatic carbocycles. The number of halogens is 2. The van der Waals surface area contributed by atoms with Crippen LogP contribution in [0.5, 0.6) is 17.2 Å². The SMILES string of the molecule is COc1cc(C=NNC(=O)c2cccc(NC(=O)c3cc(Cl)ccc3OC)c2)ccc1OC(=O)c1ccc(Br)cc1. The molecule has 0 bridgehead atoms. The number of methoxy groups -OCH3 is 2. The van der Waals surface area contributed by atoms with Gasteiger partial charge < -0.3 is 19.5 Å². The molecule has 0 saturated heterocycles. The van der Waals surface area contributed by atoms with Gasteiger partial charge >= 0.3 is 5.97 Å². The molecule has 4 aromatic rings. The van der Waals surface area contributed by atoms with Crippen LogP contribution in [-0.2, 0) is 0 Å². The molecule has 0 heterocycles. The molecule has 0 radical (unpaired) electrons. The van der Waals surface area contributed by atoms with E-state index >= 15 is 0 Å². The minimum absolute atomic E-state index is 0.232. The quantitative estimate of drug-likeness (QED) is 0.0957. The lowest BCUT2D eigenvalue weighted by atomic mass is 10.1. The second kappa shape index (κ2) is 13.6. The maximum Gasteiger partial charge on any atom is 0.343 e. The fraction of sp³-hybridized carbons (Fsp3) is 0.0667. The number of nitrogens with one attached hydrogen (secondary N) is 2. The number of carbonyl (C=O) groups excluding carboxylic acids is 3. The highest BCUT2D eigenvalue weighted by molar-refractivity contribution is 9.10. The number of hydrogen-bond donors (Lipinski definition) is 2. The zero-order valence-corrected chi connectivity index (χ0v) is 24.2. The van der Waals surface area contributed by atoms with Crippen molar-refractivity contribution in [3.63, 3.8) is 0 Å². The molecule has 0 aliphatic carbocycles. The third-order valence-electron chi connectivity index (χ3n) is 5.64. The second-order valence-corrected chi connectivity index (χ2v) is 9.74. The summed E-state index contributed by atoms with van der Waals surface area (Å²) >= 11 is 9.35. The Hall–Kier alpha value is -4.67. The summed E-state index contributed by atoms with van der Waals surface area (Å²) in [4.78, 5) is 37.9. The third-order valence-corrected chi connectivity index (χ3v) is 6.40. The minimum Gasteiger partial charge on any atom is -0.496 e. The fourth-order valence-electron chi connectivity index (χ4n) is 3.62. The van der Waals surface area contributed by atoms with Crippen LogP contribution < -0.4 is 25.0 Å². The Morgan fingerprint density at radius 2 is 1.54 bits per heavy atom. The summed E-state index contributed by atoms with van der Waals surface area (Å²) in [5.74, 6) is -0.567. The van der Waals surface area contributed by atoms with E-state index < -0.39 is 17.8 Å². The fourth-order valence-corrected chi connectivity index (χ4v) is 4.05. The Balaban J connectivity index is 1.39. The van der Waals surface area contributed by atoms with Crippen molar-refractivity contribution in [1.82, 2.24) is 5.43 Å².